The van der Waals surface area contributed by atoms with Crippen LogP contribution in [0.15, 0.2) is 48.5 Å². The number of nitrogens with one attached hydrogen (secondary N) is 2. The van der Waals surface area contributed by atoms with Gasteiger partial charge in [-0.2, -0.15) is 0 Å². The highest BCUT2D eigenvalue weighted by Gasteiger charge is 2.18. The summed E-state index contributed by atoms with van der Waals surface area (Å²) in [5, 5.41) is 6.37. The molecule has 1 saturated heterocycles. The summed E-state index contributed by atoms with van der Waals surface area (Å²) in [5.41, 5.74) is 3.22. The second-order valence-electron chi connectivity index (χ2n) is 6.54. The van der Waals surface area contributed by atoms with Crippen molar-refractivity contribution in [3.8, 4) is 16.9 Å². The van der Waals surface area contributed by atoms with Crippen molar-refractivity contribution in [1.29, 1.82) is 0 Å². The van der Waals surface area contributed by atoms with Crippen LogP contribution in [0, 0.1) is 0 Å². The topological polar surface area (TPSA) is 59.6 Å². The summed E-state index contributed by atoms with van der Waals surface area (Å²) in [4.78, 5) is 12.2. The van der Waals surface area contributed by atoms with E-state index in [1.54, 1.807) is 7.11 Å². The van der Waals surface area contributed by atoms with Crippen LogP contribution in [0.2, 0.25) is 0 Å². The molecule has 0 bridgehead atoms. The van der Waals surface area contributed by atoms with E-state index in [0.29, 0.717) is 19.6 Å². The fraction of sp³-hybridized carbons (Fsp3) is 0.381. The smallest absolute Gasteiger partial charge is 0.222 e. The van der Waals surface area contributed by atoms with E-state index in [1.807, 2.05) is 31.2 Å². The lowest BCUT2D eigenvalue weighted by Gasteiger charge is -2.24. The Morgan fingerprint density at radius 1 is 1.27 bits per heavy atom. The fourth-order valence-corrected chi connectivity index (χ4v) is 3.19. The maximum Gasteiger partial charge on any atom is 0.222 e. The second-order valence-corrected chi connectivity index (χ2v) is 6.54. The molecule has 0 aromatic heterocycles. The highest BCUT2D eigenvalue weighted by molar-refractivity contribution is 5.77. The van der Waals surface area contributed by atoms with Crippen LogP contribution in [-0.4, -0.2) is 38.8 Å². The Hall–Kier alpha value is -2.37. The molecular weight excluding hydrogens is 328 g/mol. The third kappa shape index (κ3) is 4.62. The molecule has 2 atom stereocenters. The first-order valence-corrected chi connectivity index (χ1v) is 9.01. The van der Waals surface area contributed by atoms with Crippen molar-refractivity contribution in [2.45, 2.75) is 25.4 Å². The lowest BCUT2D eigenvalue weighted by atomic mass is 10.0. The second kappa shape index (κ2) is 8.83. The molecule has 2 unspecified atom stereocenters. The van der Waals surface area contributed by atoms with Gasteiger partial charge in [-0.3, -0.25) is 4.79 Å². The normalized spacial score (nSPS) is 18.2. The molecule has 2 aromatic rings. The summed E-state index contributed by atoms with van der Waals surface area (Å²) in [6, 6.07) is 16.2. The average molecular weight is 354 g/mol. The summed E-state index contributed by atoms with van der Waals surface area (Å²) >= 11 is 0. The number of carbonyl (C=O) groups is 1. The van der Waals surface area contributed by atoms with Gasteiger partial charge in [-0.15, -0.1) is 0 Å². The predicted molar refractivity (Wildman–Crippen MR) is 102 cm³/mol. The molecule has 1 fully saturated rings. The van der Waals surface area contributed by atoms with Crippen LogP contribution < -0.4 is 15.4 Å². The quantitative estimate of drug-likeness (QED) is 0.837. The van der Waals surface area contributed by atoms with Crippen LogP contribution >= 0.6 is 0 Å². The Labute approximate surface area is 154 Å². The minimum absolute atomic E-state index is 0.0364. The highest BCUT2D eigenvalue weighted by atomic mass is 16.5. The third-order valence-electron chi connectivity index (χ3n) is 4.64. The maximum atomic E-state index is 12.2. The number of hydrogen-bond acceptors (Lipinski definition) is 4. The molecule has 138 valence electrons. The summed E-state index contributed by atoms with van der Waals surface area (Å²) in [5.74, 6) is 0.887. The van der Waals surface area contributed by atoms with Crippen LogP contribution in [-0.2, 0) is 9.53 Å². The van der Waals surface area contributed by atoms with Gasteiger partial charge in [-0.25, -0.2) is 0 Å². The highest BCUT2D eigenvalue weighted by Crippen LogP contribution is 2.30. The molecule has 2 aromatic carbocycles. The molecule has 0 radical (unpaired) electrons. The maximum absolute atomic E-state index is 12.2. The standard InChI is InChI=1S/C21H26N2O3/c1-15(23-21(24)13-18-14-26-12-11-22-18)16-7-9-17(10-8-16)19-5-3-4-6-20(19)25-2/h3-10,15,18,22H,11-14H2,1-2H3,(H,23,24). The zero-order chi connectivity index (χ0) is 18.4. The molecular formula is C21H26N2O3. The van der Waals surface area contributed by atoms with E-state index in [1.165, 1.54) is 0 Å². The van der Waals surface area contributed by atoms with Gasteiger partial charge < -0.3 is 20.1 Å². The van der Waals surface area contributed by atoms with E-state index < -0.39 is 0 Å². The molecule has 5 nitrogen and oxygen atoms in total. The van der Waals surface area contributed by atoms with Gasteiger partial charge in [0.05, 0.1) is 26.4 Å². The van der Waals surface area contributed by atoms with Crippen molar-refractivity contribution in [2.24, 2.45) is 0 Å². The van der Waals surface area contributed by atoms with Crippen LogP contribution in [0.1, 0.15) is 24.9 Å². The van der Waals surface area contributed by atoms with Crippen molar-refractivity contribution in [1.82, 2.24) is 10.6 Å². The first-order chi connectivity index (χ1) is 12.7. The van der Waals surface area contributed by atoms with Gasteiger partial charge in [0.1, 0.15) is 5.75 Å². The van der Waals surface area contributed by atoms with Crippen LogP contribution in [0.5, 0.6) is 5.75 Å². The minimum Gasteiger partial charge on any atom is -0.496 e. The van der Waals surface area contributed by atoms with Gasteiger partial charge in [0.15, 0.2) is 0 Å². The van der Waals surface area contributed by atoms with Gasteiger partial charge in [0.2, 0.25) is 5.91 Å². The van der Waals surface area contributed by atoms with Crippen molar-refractivity contribution in [3.63, 3.8) is 0 Å². The van der Waals surface area contributed by atoms with E-state index in [-0.39, 0.29) is 18.0 Å². The molecule has 2 N–H and O–H groups in total. The Morgan fingerprint density at radius 3 is 2.73 bits per heavy atom. The van der Waals surface area contributed by atoms with Crippen LogP contribution in [0.4, 0.5) is 0 Å². The van der Waals surface area contributed by atoms with Crippen molar-refractivity contribution in [2.75, 3.05) is 26.9 Å². The zero-order valence-corrected chi connectivity index (χ0v) is 15.3. The molecule has 0 saturated carbocycles. The number of rotatable bonds is 6. The first-order valence-electron chi connectivity index (χ1n) is 9.01. The van der Waals surface area contributed by atoms with E-state index in [9.17, 15) is 4.79 Å². The Bertz CT molecular complexity index is 724. The number of hydrogen-bond donors (Lipinski definition) is 2. The SMILES string of the molecule is COc1ccccc1-c1ccc(C(C)NC(=O)CC2COCCN2)cc1. The lowest BCUT2D eigenvalue weighted by Crippen LogP contribution is -2.44. The van der Waals surface area contributed by atoms with Gasteiger partial charge in [0, 0.05) is 24.6 Å². The van der Waals surface area contributed by atoms with Crippen LogP contribution in [0.3, 0.4) is 0 Å². The number of benzene rings is 2. The fourth-order valence-electron chi connectivity index (χ4n) is 3.19. The molecule has 26 heavy (non-hydrogen) atoms. The van der Waals surface area contributed by atoms with E-state index in [4.69, 9.17) is 9.47 Å². The summed E-state index contributed by atoms with van der Waals surface area (Å²) < 4.78 is 10.8. The molecule has 1 aliphatic heterocycles. The van der Waals surface area contributed by atoms with Crippen molar-refractivity contribution in [3.05, 3.63) is 54.1 Å². The molecule has 3 rings (SSSR count). The Morgan fingerprint density at radius 2 is 2.04 bits per heavy atom. The Kier molecular flexibility index (Phi) is 6.26. The number of ether oxygens (including phenoxy) is 2. The molecule has 1 aliphatic rings. The number of morpholine rings is 1. The lowest BCUT2D eigenvalue weighted by molar-refractivity contribution is -0.122. The van der Waals surface area contributed by atoms with E-state index >= 15 is 0 Å². The number of methoxy groups -OCH3 is 1. The van der Waals surface area contributed by atoms with E-state index in [0.717, 1.165) is 29.0 Å². The van der Waals surface area contributed by atoms with Gasteiger partial charge in [0.25, 0.3) is 0 Å². The summed E-state index contributed by atoms with van der Waals surface area (Å²) in [7, 11) is 1.68. The summed E-state index contributed by atoms with van der Waals surface area (Å²) in [6.07, 6.45) is 0.434. The molecule has 0 spiro atoms. The van der Waals surface area contributed by atoms with Gasteiger partial charge in [-0.1, -0.05) is 42.5 Å². The first kappa shape index (κ1) is 18.4. The molecule has 0 aliphatic carbocycles. The van der Waals surface area contributed by atoms with Crippen LogP contribution in [0.25, 0.3) is 11.1 Å². The Balaban J connectivity index is 1.61. The molecule has 1 heterocycles. The molecule has 1 amide bonds. The average Bonchev–Trinajstić information content (AvgIpc) is 2.68. The number of carbonyl (C=O) groups excluding carboxylic acids is 1. The minimum atomic E-state index is -0.0428. The van der Waals surface area contributed by atoms with Crippen molar-refractivity contribution >= 4 is 5.91 Å². The molecule has 5 heteroatoms. The van der Waals surface area contributed by atoms with Crippen molar-refractivity contribution < 1.29 is 14.3 Å². The number of amides is 1. The monoisotopic (exact) mass is 354 g/mol. The largest absolute Gasteiger partial charge is 0.496 e. The number of para-hydroxylation sites is 1. The predicted octanol–water partition coefficient (Wildman–Crippen LogP) is 2.92. The van der Waals surface area contributed by atoms with Gasteiger partial charge in [-0.05, 0) is 24.1 Å². The zero-order valence-electron chi connectivity index (χ0n) is 15.3. The third-order valence-corrected chi connectivity index (χ3v) is 4.64. The summed E-state index contributed by atoms with van der Waals surface area (Å²) in [6.45, 7) is 4.11. The van der Waals surface area contributed by atoms with E-state index in [2.05, 4.69) is 34.9 Å². The van der Waals surface area contributed by atoms with Gasteiger partial charge >= 0.3 is 0 Å².